The predicted octanol–water partition coefficient (Wildman–Crippen LogP) is 4.74. The summed E-state index contributed by atoms with van der Waals surface area (Å²) in [5.74, 6) is -1.08. The Bertz CT molecular complexity index is 748. The zero-order valence-corrected chi connectivity index (χ0v) is 15.6. The average molecular weight is 355 g/mol. The topological polar surface area (TPSA) is 66.8 Å². The summed E-state index contributed by atoms with van der Waals surface area (Å²) >= 11 is 0. The fraction of sp³-hybridized carbons (Fsp3) is 0.333. The molecule has 5 heteroatoms. The van der Waals surface area contributed by atoms with Gasteiger partial charge in [-0.25, -0.2) is 4.79 Å². The van der Waals surface area contributed by atoms with Gasteiger partial charge in [0.1, 0.15) is 12.1 Å². The Hall–Kier alpha value is -2.82. The Morgan fingerprint density at radius 1 is 1.00 bits per heavy atom. The van der Waals surface area contributed by atoms with E-state index in [9.17, 15) is 14.7 Å². The number of aliphatic carboxylic acids is 1. The number of benzene rings is 2. The Morgan fingerprint density at radius 2 is 1.54 bits per heavy atom. The van der Waals surface area contributed by atoms with Crippen molar-refractivity contribution in [1.82, 2.24) is 4.90 Å². The van der Waals surface area contributed by atoms with Crippen molar-refractivity contribution in [2.75, 3.05) is 6.54 Å². The largest absolute Gasteiger partial charge is 0.480 e. The lowest BCUT2D eigenvalue weighted by Gasteiger charge is -2.31. The molecule has 2 aromatic carbocycles. The highest BCUT2D eigenvalue weighted by molar-refractivity contribution is 5.77. The van der Waals surface area contributed by atoms with Gasteiger partial charge in [0.15, 0.2) is 0 Å². The van der Waals surface area contributed by atoms with Gasteiger partial charge in [-0.3, -0.25) is 9.69 Å². The molecule has 5 nitrogen and oxygen atoms in total. The van der Waals surface area contributed by atoms with E-state index >= 15 is 0 Å². The first kappa shape index (κ1) is 19.5. The molecule has 0 bridgehead atoms. The quantitative estimate of drug-likeness (QED) is 0.841. The van der Waals surface area contributed by atoms with Crippen LogP contribution in [-0.2, 0) is 9.53 Å². The van der Waals surface area contributed by atoms with Crippen LogP contribution in [0.25, 0.3) is 11.1 Å². The molecule has 0 saturated heterocycles. The highest BCUT2D eigenvalue weighted by Gasteiger charge is 2.28. The first-order chi connectivity index (χ1) is 12.2. The van der Waals surface area contributed by atoms with Crippen molar-refractivity contribution in [2.45, 2.75) is 39.3 Å². The molecule has 26 heavy (non-hydrogen) atoms. The number of nitrogens with zero attached hydrogens (tertiary/aromatic N) is 1. The molecule has 0 aliphatic heterocycles. The zero-order valence-electron chi connectivity index (χ0n) is 15.6. The number of rotatable bonds is 5. The second-order valence-electron chi connectivity index (χ2n) is 7.17. The maximum atomic E-state index is 12.4. The van der Waals surface area contributed by atoms with Gasteiger partial charge < -0.3 is 9.84 Å². The minimum absolute atomic E-state index is 0.420. The Morgan fingerprint density at radius 3 is 2.04 bits per heavy atom. The first-order valence-electron chi connectivity index (χ1n) is 8.54. The molecule has 0 aliphatic rings. The smallest absolute Gasteiger partial charge is 0.411 e. The van der Waals surface area contributed by atoms with E-state index in [0.717, 1.165) is 16.7 Å². The predicted molar refractivity (Wildman–Crippen MR) is 101 cm³/mol. The van der Waals surface area contributed by atoms with Crippen molar-refractivity contribution in [2.24, 2.45) is 0 Å². The highest BCUT2D eigenvalue weighted by Crippen LogP contribution is 2.26. The fourth-order valence-corrected chi connectivity index (χ4v) is 2.59. The number of carbonyl (C=O) groups excluding carboxylic acids is 1. The Kier molecular flexibility index (Phi) is 6.03. The van der Waals surface area contributed by atoms with E-state index in [1.54, 1.807) is 27.7 Å². The number of hydrogen-bond acceptors (Lipinski definition) is 3. The van der Waals surface area contributed by atoms with Crippen LogP contribution in [0.3, 0.4) is 0 Å². The van der Waals surface area contributed by atoms with E-state index in [2.05, 4.69) is 0 Å². The van der Waals surface area contributed by atoms with Crippen molar-refractivity contribution in [3.05, 3.63) is 60.2 Å². The molecular weight excluding hydrogens is 330 g/mol. The van der Waals surface area contributed by atoms with Crippen molar-refractivity contribution < 1.29 is 19.4 Å². The van der Waals surface area contributed by atoms with Crippen LogP contribution in [-0.4, -0.2) is 34.2 Å². The summed E-state index contributed by atoms with van der Waals surface area (Å²) < 4.78 is 5.36. The maximum Gasteiger partial charge on any atom is 0.411 e. The Balaban J connectivity index is 2.23. The van der Waals surface area contributed by atoms with Crippen LogP contribution in [0.2, 0.25) is 0 Å². The summed E-state index contributed by atoms with van der Waals surface area (Å²) in [6.45, 7) is 6.64. The molecule has 1 N–H and O–H groups in total. The first-order valence-corrected chi connectivity index (χ1v) is 8.54. The maximum absolute atomic E-state index is 12.4. The molecule has 0 fully saturated rings. The van der Waals surface area contributed by atoms with Crippen molar-refractivity contribution >= 4 is 12.1 Å². The van der Waals surface area contributed by atoms with Gasteiger partial charge in [-0.15, -0.1) is 0 Å². The number of amides is 1. The molecular formula is C21H25NO4. The molecule has 0 aliphatic carbocycles. The molecule has 138 valence electrons. The summed E-state index contributed by atoms with van der Waals surface area (Å²) in [7, 11) is 0. The van der Waals surface area contributed by atoms with Gasteiger partial charge in [0.05, 0.1) is 6.04 Å². The molecule has 0 radical (unpaired) electrons. The normalized spacial score (nSPS) is 12.3. The molecule has 0 saturated carbocycles. The second-order valence-corrected chi connectivity index (χ2v) is 7.17. The molecule has 2 rings (SSSR count). The number of ether oxygens (including phenoxy) is 1. The van der Waals surface area contributed by atoms with Crippen LogP contribution in [0, 0.1) is 0 Å². The third-order valence-corrected chi connectivity index (χ3v) is 3.90. The van der Waals surface area contributed by atoms with Gasteiger partial charge in [0, 0.05) is 0 Å². The number of carboxylic acids is 1. The summed E-state index contributed by atoms with van der Waals surface area (Å²) in [6.07, 6.45) is -0.639. The van der Waals surface area contributed by atoms with E-state index in [-0.39, 0.29) is 0 Å². The van der Waals surface area contributed by atoms with Crippen molar-refractivity contribution in [3.63, 3.8) is 0 Å². The summed E-state index contributed by atoms with van der Waals surface area (Å²) in [5.41, 5.74) is 2.31. The summed E-state index contributed by atoms with van der Waals surface area (Å²) in [5, 5.41) is 9.17. The summed E-state index contributed by atoms with van der Waals surface area (Å²) in [4.78, 5) is 24.9. The van der Waals surface area contributed by atoms with Gasteiger partial charge in [-0.2, -0.15) is 0 Å². The molecule has 1 atom stereocenters. The van der Waals surface area contributed by atoms with Crippen LogP contribution < -0.4 is 0 Å². The number of carboxylic acid groups (broad SMARTS) is 1. The van der Waals surface area contributed by atoms with Crippen molar-refractivity contribution in [1.29, 1.82) is 0 Å². The molecule has 2 aromatic rings. The van der Waals surface area contributed by atoms with Gasteiger partial charge in [0.25, 0.3) is 0 Å². The standard InChI is InChI=1S/C21H25NO4/c1-15(22(14-19(23)24)20(25)26-21(2,3)4)16-10-12-18(13-11-16)17-8-6-5-7-9-17/h5-13,15H,14H2,1-4H3,(H,23,24). The average Bonchev–Trinajstić information content (AvgIpc) is 2.58. The number of hydrogen-bond donors (Lipinski definition) is 1. The Labute approximate surface area is 154 Å². The van der Waals surface area contributed by atoms with E-state index in [0.29, 0.717) is 0 Å². The molecule has 0 spiro atoms. The third-order valence-electron chi connectivity index (χ3n) is 3.90. The van der Waals surface area contributed by atoms with Gasteiger partial charge in [0.2, 0.25) is 0 Å². The molecule has 1 unspecified atom stereocenters. The van der Waals surface area contributed by atoms with E-state index in [1.807, 2.05) is 54.6 Å². The lowest BCUT2D eigenvalue weighted by molar-refractivity contribution is -0.138. The van der Waals surface area contributed by atoms with Gasteiger partial charge in [-0.05, 0) is 44.4 Å². The number of carbonyl (C=O) groups is 2. The minimum Gasteiger partial charge on any atom is -0.480 e. The van der Waals surface area contributed by atoms with Crippen LogP contribution in [0.5, 0.6) is 0 Å². The van der Waals surface area contributed by atoms with Gasteiger partial charge >= 0.3 is 12.1 Å². The second kappa shape index (κ2) is 8.04. The van der Waals surface area contributed by atoms with Gasteiger partial charge in [-0.1, -0.05) is 54.6 Å². The van der Waals surface area contributed by atoms with Crippen LogP contribution in [0.1, 0.15) is 39.3 Å². The van der Waals surface area contributed by atoms with Crippen LogP contribution in [0.15, 0.2) is 54.6 Å². The molecule has 0 aromatic heterocycles. The zero-order chi connectivity index (χ0) is 19.3. The highest BCUT2D eigenvalue weighted by atomic mass is 16.6. The molecule has 0 heterocycles. The van der Waals surface area contributed by atoms with E-state index in [1.165, 1.54) is 4.90 Å². The SMILES string of the molecule is CC(c1ccc(-c2ccccc2)cc1)N(CC(=O)O)C(=O)OC(C)(C)C. The van der Waals surface area contributed by atoms with Crippen LogP contribution in [0.4, 0.5) is 4.79 Å². The van der Waals surface area contributed by atoms with Crippen LogP contribution >= 0.6 is 0 Å². The van der Waals surface area contributed by atoms with E-state index in [4.69, 9.17) is 4.74 Å². The lowest BCUT2D eigenvalue weighted by atomic mass is 10.0. The fourth-order valence-electron chi connectivity index (χ4n) is 2.59. The molecule has 1 amide bonds. The minimum atomic E-state index is -1.08. The monoisotopic (exact) mass is 355 g/mol. The van der Waals surface area contributed by atoms with Crippen molar-refractivity contribution in [3.8, 4) is 11.1 Å². The van der Waals surface area contributed by atoms with E-state index < -0.39 is 30.3 Å². The lowest BCUT2D eigenvalue weighted by Crippen LogP contribution is -2.41. The summed E-state index contributed by atoms with van der Waals surface area (Å²) in [6, 6.07) is 17.3. The third kappa shape index (κ3) is 5.34.